The highest BCUT2D eigenvalue weighted by atomic mass is 35.5. The average Bonchev–Trinajstić information content (AvgIpc) is 2.49. The van der Waals surface area contributed by atoms with Crippen LogP contribution in [-0.2, 0) is 6.54 Å². The minimum absolute atomic E-state index is 0.263. The van der Waals surface area contributed by atoms with Gasteiger partial charge in [-0.2, -0.15) is 0 Å². The second-order valence-corrected chi connectivity index (χ2v) is 7.08. The van der Waals surface area contributed by atoms with Gasteiger partial charge in [0, 0.05) is 43.7 Å². The zero-order valence-corrected chi connectivity index (χ0v) is 14.8. The van der Waals surface area contributed by atoms with E-state index in [1.54, 1.807) is 12.4 Å². The number of piperidine rings is 1. The maximum absolute atomic E-state index is 9.13. The monoisotopic (exact) mass is 345 g/mol. The number of aliphatic hydroxyl groups excluding tert-OH is 1. The fourth-order valence-electron chi connectivity index (χ4n) is 3.37. The normalized spacial score (nSPS) is 23.2. The molecule has 0 aromatic carbocycles. The SMILES string of the molecule is CN(C)[C@H]1CCN(Cc2c(Cl)cncc2Cl)C[C@H]1CCCO. The Bertz CT molecular complexity index is 464. The van der Waals surface area contributed by atoms with Crippen molar-refractivity contribution in [3.05, 3.63) is 28.0 Å². The summed E-state index contributed by atoms with van der Waals surface area (Å²) in [5.74, 6) is 0.565. The highest BCUT2D eigenvalue weighted by molar-refractivity contribution is 6.35. The molecule has 1 aliphatic heterocycles. The number of pyridine rings is 1. The van der Waals surface area contributed by atoms with Crippen molar-refractivity contribution in [3.63, 3.8) is 0 Å². The topological polar surface area (TPSA) is 39.6 Å². The summed E-state index contributed by atoms with van der Waals surface area (Å²) in [6.07, 6.45) is 6.34. The van der Waals surface area contributed by atoms with Crippen LogP contribution >= 0.6 is 23.2 Å². The van der Waals surface area contributed by atoms with E-state index in [0.29, 0.717) is 22.0 Å². The summed E-state index contributed by atoms with van der Waals surface area (Å²) in [5, 5.41) is 10.4. The van der Waals surface area contributed by atoms with Gasteiger partial charge in [0.2, 0.25) is 0 Å². The van der Waals surface area contributed by atoms with E-state index in [2.05, 4.69) is 28.9 Å². The lowest BCUT2D eigenvalue weighted by Crippen LogP contribution is -2.48. The molecule has 1 aliphatic rings. The van der Waals surface area contributed by atoms with Crippen molar-refractivity contribution < 1.29 is 5.11 Å². The highest BCUT2D eigenvalue weighted by Crippen LogP contribution is 2.29. The van der Waals surface area contributed by atoms with Crippen LogP contribution in [-0.4, -0.2) is 59.7 Å². The summed E-state index contributed by atoms with van der Waals surface area (Å²) in [6, 6.07) is 0.575. The molecule has 124 valence electrons. The third-order valence-electron chi connectivity index (χ3n) is 4.51. The Hall–Kier alpha value is -0.390. The second kappa shape index (κ2) is 8.46. The minimum Gasteiger partial charge on any atom is -0.396 e. The van der Waals surface area contributed by atoms with Crippen molar-refractivity contribution in [3.8, 4) is 0 Å². The fourth-order valence-corrected chi connectivity index (χ4v) is 3.85. The van der Waals surface area contributed by atoms with Gasteiger partial charge in [0.1, 0.15) is 0 Å². The first-order chi connectivity index (χ1) is 10.5. The predicted octanol–water partition coefficient (Wildman–Crippen LogP) is 2.91. The van der Waals surface area contributed by atoms with E-state index in [1.807, 2.05) is 0 Å². The first kappa shape index (κ1) is 18.0. The van der Waals surface area contributed by atoms with Gasteiger partial charge in [-0.1, -0.05) is 23.2 Å². The van der Waals surface area contributed by atoms with E-state index in [1.165, 1.54) is 0 Å². The molecule has 0 radical (unpaired) electrons. The number of aliphatic hydroxyl groups is 1. The van der Waals surface area contributed by atoms with E-state index >= 15 is 0 Å². The summed E-state index contributed by atoms with van der Waals surface area (Å²) in [5.41, 5.74) is 0.961. The highest BCUT2D eigenvalue weighted by Gasteiger charge is 2.30. The van der Waals surface area contributed by atoms with Gasteiger partial charge in [-0.3, -0.25) is 9.88 Å². The minimum atomic E-state index is 0.263. The van der Waals surface area contributed by atoms with Gasteiger partial charge in [0.15, 0.2) is 0 Å². The molecule has 1 saturated heterocycles. The molecule has 2 heterocycles. The molecule has 0 spiro atoms. The molecular weight excluding hydrogens is 321 g/mol. The summed E-state index contributed by atoms with van der Waals surface area (Å²) < 4.78 is 0. The molecule has 0 bridgehead atoms. The van der Waals surface area contributed by atoms with Crippen LogP contribution < -0.4 is 0 Å². The second-order valence-electron chi connectivity index (χ2n) is 6.26. The van der Waals surface area contributed by atoms with Crippen molar-refractivity contribution >= 4 is 23.2 Å². The molecule has 1 fully saturated rings. The first-order valence-electron chi connectivity index (χ1n) is 7.80. The number of hydrogen-bond acceptors (Lipinski definition) is 4. The van der Waals surface area contributed by atoms with Gasteiger partial charge in [-0.15, -0.1) is 0 Å². The maximum atomic E-state index is 9.13. The van der Waals surface area contributed by atoms with Gasteiger partial charge in [0.25, 0.3) is 0 Å². The van der Waals surface area contributed by atoms with E-state index in [-0.39, 0.29) is 6.61 Å². The van der Waals surface area contributed by atoms with Crippen LogP contribution in [0.2, 0.25) is 10.0 Å². The van der Waals surface area contributed by atoms with Crippen molar-refractivity contribution in [1.82, 2.24) is 14.8 Å². The number of aromatic nitrogens is 1. The number of likely N-dealkylation sites (tertiary alicyclic amines) is 1. The number of rotatable bonds is 6. The summed E-state index contributed by atoms with van der Waals surface area (Å²) in [6.45, 7) is 3.07. The largest absolute Gasteiger partial charge is 0.396 e. The molecule has 1 aromatic rings. The fraction of sp³-hybridized carbons (Fsp3) is 0.688. The zero-order chi connectivity index (χ0) is 16.1. The van der Waals surface area contributed by atoms with Crippen LogP contribution in [0.5, 0.6) is 0 Å². The Labute approximate surface area is 143 Å². The van der Waals surface area contributed by atoms with E-state index in [4.69, 9.17) is 28.3 Å². The van der Waals surface area contributed by atoms with Crippen molar-refractivity contribution in [1.29, 1.82) is 0 Å². The van der Waals surface area contributed by atoms with Gasteiger partial charge >= 0.3 is 0 Å². The van der Waals surface area contributed by atoms with E-state index in [9.17, 15) is 0 Å². The molecule has 2 rings (SSSR count). The van der Waals surface area contributed by atoms with Crippen LogP contribution in [0.25, 0.3) is 0 Å². The van der Waals surface area contributed by atoms with Gasteiger partial charge in [-0.05, 0) is 45.8 Å². The maximum Gasteiger partial charge on any atom is 0.0649 e. The molecule has 0 amide bonds. The molecule has 0 aliphatic carbocycles. The van der Waals surface area contributed by atoms with Crippen LogP contribution in [0.15, 0.2) is 12.4 Å². The molecule has 6 heteroatoms. The lowest BCUT2D eigenvalue weighted by Gasteiger charge is -2.42. The van der Waals surface area contributed by atoms with Crippen LogP contribution in [0, 0.1) is 5.92 Å². The molecule has 1 aromatic heterocycles. The van der Waals surface area contributed by atoms with E-state index in [0.717, 1.165) is 44.5 Å². The third-order valence-corrected chi connectivity index (χ3v) is 5.16. The lowest BCUT2D eigenvalue weighted by molar-refractivity contribution is 0.0717. The van der Waals surface area contributed by atoms with Gasteiger partial charge in [0.05, 0.1) is 10.0 Å². The van der Waals surface area contributed by atoms with Crippen molar-refractivity contribution in [2.45, 2.75) is 31.8 Å². The molecular formula is C16H25Cl2N3O. The smallest absolute Gasteiger partial charge is 0.0649 e. The first-order valence-corrected chi connectivity index (χ1v) is 8.56. The number of nitrogens with zero attached hydrogens (tertiary/aromatic N) is 3. The quantitative estimate of drug-likeness (QED) is 0.860. The molecule has 2 atom stereocenters. The summed E-state index contributed by atoms with van der Waals surface area (Å²) in [7, 11) is 4.28. The Balaban J connectivity index is 2.04. The average molecular weight is 346 g/mol. The van der Waals surface area contributed by atoms with Gasteiger partial charge in [-0.25, -0.2) is 0 Å². The molecule has 22 heavy (non-hydrogen) atoms. The zero-order valence-electron chi connectivity index (χ0n) is 13.3. The summed E-state index contributed by atoms with van der Waals surface area (Å²) in [4.78, 5) is 8.73. The number of hydrogen-bond donors (Lipinski definition) is 1. The Morgan fingerprint density at radius 2 is 2.00 bits per heavy atom. The van der Waals surface area contributed by atoms with Crippen LogP contribution in [0.4, 0.5) is 0 Å². The number of halogens is 2. The Morgan fingerprint density at radius 3 is 2.59 bits per heavy atom. The van der Waals surface area contributed by atoms with Crippen molar-refractivity contribution in [2.24, 2.45) is 5.92 Å². The van der Waals surface area contributed by atoms with E-state index < -0.39 is 0 Å². The predicted molar refractivity (Wildman–Crippen MR) is 91.4 cm³/mol. The van der Waals surface area contributed by atoms with Crippen molar-refractivity contribution in [2.75, 3.05) is 33.8 Å². The lowest BCUT2D eigenvalue weighted by atomic mass is 9.87. The summed E-state index contributed by atoms with van der Waals surface area (Å²) >= 11 is 12.5. The van der Waals surface area contributed by atoms with Crippen LogP contribution in [0.3, 0.4) is 0 Å². The molecule has 4 nitrogen and oxygen atoms in total. The molecule has 1 N–H and O–H groups in total. The standard InChI is InChI=1S/C16H25Cl2N3O/c1-20(2)16-5-6-21(10-12(16)4-3-7-22)11-13-14(17)8-19-9-15(13)18/h8-9,12,16,22H,3-7,10-11H2,1-2H3/t12-,16+/m1/s1. The third kappa shape index (κ3) is 4.56. The Morgan fingerprint density at radius 1 is 1.32 bits per heavy atom. The van der Waals surface area contributed by atoms with Gasteiger partial charge < -0.3 is 10.0 Å². The molecule has 0 saturated carbocycles. The Kier molecular flexibility index (Phi) is 6.90. The van der Waals surface area contributed by atoms with Crippen LogP contribution in [0.1, 0.15) is 24.8 Å². The molecule has 0 unspecified atom stereocenters.